The number of hydrogen-bond donors (Lipinski definition) is 0. The monoisotopic (exact) mass is 310 g/mol. The summed E-state index contributed by atoms with van der Waals surface area (Å²) in [5.41, 5.74) is 0.965. The van der Waals surface area contributed by atoms with E-state index in [-0.39, 0.29) is 5.41 Å². The van der Waals surface area contributed by atoms with Crippen molar-refractivity contribution in [1.82, 2.24) is 4.90 Å². The van der Waals surface area contributed by atoms with Crippen LogP contribution in [0.5, 0.6) is 0 Å². The van der Waals surface area contributed by atoms with E-state index in [0.29, 0.717) is 0 Å². The second-order valence-corrected chi connectivity index (χ2v) is 7.57. The van der Waals surface area contributed by atoms with Crippen LogP contribution in [0.25, 0.3) is 0 Å². The summed E-state index contributed by atoms with van der Waals surface area (Å²) in [6.45, 7) is 3.42. The zero-order valence-corrected chi connectivity index (χ0v) is 14.3. The van der Waals surface area contributed by atoms with Gasteiger partial charge in [0.1, 0.15) is 0 Å². The van der Waals surface area contributed by atoms with Crippen LogP contribution in [0.4, 0.5) is 0 Å². The number of nitriles is 1. The summed E-state index contributed by atoms with van der Waals surface area (Å²) in [4.78, 5) is 2.63. The summed E-state index contributed by atoms with van der Waals surface area (Å²) in [5.74, 6) is 0.890. The lowest BCUT2D eigenvalue weighted by molar-refractivity contribution is 0.151. The summed E-state index contributed by atoms with van der Waals surface area (Å²) in [6.07, 6.45) is 12.0. The molecule has 2 fully saturated rings. The van der Waals surface area contributed by atoms with E-state index in [4.69, 9.17) is 0 Å². The van der Waals surface area contributed by atoms with E-state index in [1.54, 1.807) is 0 Å². The Hall–Kier alpha value is -1.33. The van der Waals surface area contributed by atoms with Gasteiger partial charge in [-0.05, 0) is 50.3 Å². The minimum Gasteiger partial charge on any atom is -0.303 e. The van der Waals surface area contributed by atoms with Crippen molar-refractivity contribution in [2.75, 3.05) is 19.6 Å². The summed E-state index contributed by atoms with van der Waals surface area (Å²) < 4.78 is 0. The Morgan fingerprint density at radius 2 is 1.57 bits per heavy atom. The maximum absolute atomic E-state index is 9.80. The maximum Gasteiger partial charge on any atom is 0.0846 e. The molecule has 2 heteroatoms. The number of rotatable bonds is 3. The van der Waals surface area contributed by atoms with Gasteiger partial charge < -0.3 is 4.90 Å². The Labute approximate surface area is 141 Å². The predicted molar refractivity (Wildman–Crippen MR) is 95.2 cm³/mol. The molecule has 0 radical (unpaired) electrons. The van der Waals surface area contributed by atoms with Gasteiger partial charge in [0, 0.05) is 6.54 Å². The third-order valence-electron chi connectivity index (χ3n) is 5.99. The Balaban J connectivity index is 1.56. The highest BCUT2D eigenvalue weighted by atomic mass is 15.1. The average molecular weight is 310 g/mol. The molecular formula is C21H30N2. The molecule has 124 valence electrons. The third-order valence-corrected chi connectivity index (χ3v) is 5.99. The smallest absolute Gasteiger partial charge is 0.0846 e. The molecule has 1 saturated carbocycles. The second-order valence-electron chi connectivity index (χ2n) is 7.57. The highest BCUT2D eigenvalue weighted by Gasteiger charge is 2.36. The number of benzene rings is 1. The first kappa shape index (κ1) is 16.5. The zero-order chi connectivity index (χ0) is 16.0. The fourth-order valence-electron chi connectivity index (χ4n) is 4.43. The summed E-state index contributed by atoms with van der Waals surface area (Å²) in [5, 5.41) is 9.80. The topological polar surface area (TPSA) is 27.0 Å². The molecule has 1 aliphatic carbocycles. The van der Waals surface area contributed by atoms with Gasteiger partial charge >= 0.3 is 0 Å². The first-order valence-corrected chi connectivity index (χ1v) is 9.51. The quantitative estimate of drug-likeness (QED) is 0.793. The Morgan fingerprint density at radius 1 is 0.957 bits per heavy atom. The van der Waals surface area contributed by atoms with Gasteiger partial charge in [-0.1, -0.05) is 62.4 Å². The van der Waals surface area contributed by atoms with Gasteiger partial charge in [-0.15, -0.1) is 0 Å². The second kappa shape index (κ2) is 7.97. The van der Waals surface area contributed by atoms with Crippen LogP contribution < -0.4 is 0 Å². The van der Waals surface area contributed by atoms with Crippen molar-refractivity contribution in [3.8, 4) is 6.07 Å². The van der Waals surface area contributed by atoms with Crippen molar-refractivity contribution in [2.45, 2.75) is 63.2 Å². The van der Waals surface area contributed by atoms with Gasteiger partial charge in [0.15, 0.2) is 0 Å². The first-order chi connectivity index (χ1) is 11.3. The van der Waals surface area contributed by atoms with Crippen molar-refractivity contribution in [2.24, 2.45) is 5.92 Å². The maximum atomic E-state index is 9.80. The van der Waals surface area contributed by atoms with E-state index in [0.717, 1.165) is 31.8 Å². The minimum atomic E-state index is -0.251. The van der Waals surface area contributed by atoms with E-state index in [1.807, 2.05) is 6.07 Å². The van der Waals surface area contributed by atoms with Gasteiger partial charge in [-0.2, -0.15) is 5.26 Å². The number of piperidine rings is 1. The van der Waals surface area contributed by atoms with Crippen molar-refractivity contribution < 1.29 is 0 Å². The van der Waals surface area contributed by atoms with Crippen LogP contribution in [0.2, 0.25) is 0 Å². The number of nitrogens with zero attached hydrogens (tertiary/aromatic N) is 2. The molecule has 1 aromatic rings. The van der Waals surface area contributed by atoms with Crippen molar-refractivity contribution in [3.63, 3.8) is 0 Å². The largest absolute Gasteiger partial charge is 0.303 e. The van der Waals surface area contributed by atoms with E-state index >= 15 is 0 Å². The van der Waals surface area contributed by atoms with Crippen LogP contribution >= 0.6 is 0 Å². The van der Waals surface area contributed by atoms with E-state index in [9.17, 15) is 5.26 Å². The van der Waals surface area contributed by atoms with Crippen LogP contribution in [0.1, 0.15) is 63.4 Å². The molecule has 0 bridgehead atoms. The molecule has 0 spiro atoms. The predicted octanol–water partition coefficient (Wildman–Crippen LogP) is 4.90. The van der Waals surface area contributed by atoms with Crippen molar-refractivity contribution in [1.29, 1.82) is 5.26 Å². The van der Waals surface area contributed by atoms with Crippen LogP contribution in [0.3, 0.4) is 0 Å². The fraction of sp³-hybridized carbons (Fsp3) is 0.667. The van der Waals surface area contributed by atoms with Crippen LogP contribution in [-0.2, 0) is 5.41 Å². The molecule has 23 heavy (non-hydrogen) atoms. The molecule has 3 rings (SSSR count). The standard InChI is InChI=1S/C21H30N2/c22-18-21(20-11-7-4-8-12-20)13-15-23(16-14-21)17-19-9-5-2-1-3-6-10-19/h4,7-8,11-12,19H,1-3,5-6,9-10,13-17H2. The molecule has 2 aliphatic rings. The fourth-order valence-corrected chi connectivity index (χ4v) is 4.43. The van der Waals surface area contributed by atoms with E-state index < -0.39 is 0 Å². The molecule has 1 heterocycles. The lowest BCUT2D eigenvalue weighted by Gasteiger charge is -2.39. The SMILES string of the molecule is N#CC1(c2ccccc2)CCN(CC2CCCCCCC2)CC1. The normalized spacial score (nSPS) is 23.6. The van der Waals surface area contributed by atoms with Gasteiger partial charge in [0.25, 0.3) is 0 Å². The molecule has 0 unspecified atom stereocenters. The minimum absolute atomic E-state index is 0.251. The molecular weight excluding hydrogens is 280 g/mol. The highest BCUT2D eigenvalue weighted by Crippen LogP contribution is 2.35. The van der Waals surface area contributed by atoms with Crippen molar-refractivity contribution in [3.05, 3.63) is 35.9 Å². The highest BCUT2D eigenvalue weighted by molar-refractivity contribution is 5.33. The van der Waals surface area contributed by atoms with Gasteiger partial charge in [0.05, 0.1) is 11.5 Å². The van der Waals surface area contributed by atoms with Gasteiger partial charge in [-0.25, -0.2) is 0 Å². The molecule has 0 aromatic heterocycles. The summed E-state index contributed by atoms with van der Waals surface area (Å²) >= 11 is 0. The lowest BCUT2D eigenvalue weighted by atomic mass is 9.74. The molecule has 0 atom stereocenters. The van der Waals surface area contributed by atoms with Crippen LogP contribution in [0.15, 0.2) is 30.3 Å². The number of hydrogen-bond acceptors (Lipinski definition) is 2. The zero-order valence-electron chi connectivity index (χ0n) is 14.3. The molecule has 0 amide bonds. The lowest BCUT2D eigenvalue weighted by Crippen LogP contribution is -2.43. The molecule has 1 aliphatic heterocycles. The molecule has 1 aromatic carbocycles. The van der Waals surface area contributed by atoms with Gasteiger partial charge in [0.2, 0.25) is 0 Å². The first-order valence-electron chi connectivity index (χ1n) is 9.51. The Morgan fingerprint density at radius 3 is 2.17 bits per heavy atom. The summed E-state index contributed by atoms with van der Waals surface area (Å²) in [6, 6.07) is 13.1. The Bertz CT molecular complexity index is 500. The van der Waals surface area contributed by atoms with E-state index in [1.165, 1.54) is 57.1 Å². The molecule has 1 saturated heterocycles. The number of likely N-dealkylation sites (tertiary alicyclic amines) is 1. The average Bonchev–Trinajstić information content (AvgIpc) is 2.59. The van der Waals surface area contributed by atoms with Crippen molar-refractivity contribution >= 4 is 0 Å². The molecule has 0 N–H and O–H groups in total. The Kier molecular flexibility index (Phi) is 5.73. The molecule has 2 nitrogen and oxygen atoms in total. The van der Waals surface area contributed by atoms with Crippen LogP contribution in [0, 0.1) is 17.2 Å². The summed E-state index contributed by atoms with van der Waals surface area (Å²) in [7, 11) is 0. The van der Waals surface area contributed by atoms with Gasteiger partial charge in [-0.3, -0.25) is 0 Å². The van der Waals surface area contributed by atoms with E-state index in [2.05, 4.69) is 35.2 Å². The van der Waals surface area contributed by atoms with Crippen LogP contribution in [-0.4, -0.2) is 24.5 Å². The third kappa shape index (κ3) is 4.15.